The molecule has 5 heteroatoms. The summed E-state index contributed by atoms with van der Waals surface area (Å²) >= 11 is 0. The Labute approximate surface area is 163 Å². The third-order valence-corrected chi connectivity index (χ3v) is 5.70. The Morgan fingerprint density at radius 1 is 1.19 bits per heavy atom. The topological polar surface area (TPSA) is 53.6 Å². The van der Waals surface area contributed by atoms with E-state index in [9.17, 15) is 4.79 Å². The molecule has 1 aliphatic heterocycles. The van der Waals surface area contributed by atoms with Crippen LogP contribution < -0.4 is 10.9 Å². The maximum Gasteiger partial charge on any atom is 0.269 e. The van der Waals surface area contributed by atoms with Crippen molar-refractivity contribution in [2.45, 2.75) is 46.6 Å². The summed E-state index contributed by atoms with van der Waals surface area (Å²) in [5, 5.41) is 0. The molecule has 1 fully saturated rings. The molecular formula is C22H33N3O2. The normalized spacial score (nSPS) is 21.4. The van der Waals surface area contributed by atoms with Crippen LogP contribution in [0.1, 0.15) is 56.0 Å². The number of hydrogen-bond acceptors (Lipinski definition) is 4. The van der Waals surface area contributed by atoms with Gasteiger partial charge in [0.05, 0.1) is 13.2 Å². The van der Waals surface area contributed by atoms with E-state index in [2.05, 4.69) is 42.6 Å². The van der Waals surface area contributed by atoms with E-state index >= 15 is 0 Å². The van der Waals surface area contributed by atoms with Crippen LogP contribution in [0, 0.1) is 11.3 Å². The molecule has 2 aliphatic rings. The van der Waals surface area contributed by atoms with Crippen LogP contribution >= 0.6 is 0 Å². The van der Waals surface area contributed by atoms with Crippen molar-refractivity contribution in [1.82, 2.24) is 15.8 Å². The number of allylic oxidation sites excluding steroid dienone is 2. The van der Waals surface area contributed by atoms with Crippen LogP contribution in [-0.2, 0) is 11.3 Å². The van der Waals surface area contributed by atoms with Crippen molar-refractivity contribution < 1.29 is 9.53 Å². The molecule has 1 heterocycles. The largest absolute Gasteiger partial charge is 0.379 e. The van der Waals surface area contributed by atoms with Gasteiger partial charge in [0.1, 0.15) is 0 Å². The SMILES string of the molecule is CC(C)(C)C1CC=C(NNC(=O)c2ccc(CN3CCOCC3)cc2)CC1. The summed E-state index contributed by atoms with van der Waals surface area (Å²) in [6.07, 6.45) is 5.44. The van der Waals surface area contributed by atoms with Gasteiger partial charge in [0, 0.05) is 30.9 Å². The molecule has 5 nitrogen and oxygen atoms in total. The molecule has 1 amide bonds. The number of nitrogens with one attached hydrogen (secondary N) is 2. The van der Waals surface area contributed by atoms with Crippen molar-refractivity contribution in [3.05, 3.63) is 47.2 Å². The summed E-state index contributed by atoms with van der Waals surface area (Å²) in [6.45, 7) is 11.4. The number of amides is 1. The highest BCUT2D eigenvalue weighted by atomic mass is 16.5. The minimum absolute atomic E-state index is 0.0910. The zero-order chi connectivity index (χ0) is 19.3. The van der Waals surface area contributed by atoms with Crippen LogP contribution in [0.2, 0.25) is 0 Å². The van der Waals surface area contributed by atoms with Gasteiger partial charge in [0.25, 0.3) is 5.91 Å². The van der Waals surface area contributed by atoms with Gasteiger partial charge in [-0.1, -0.05) is 39.0 Å². The van der Waals surface area contributed by atoms with Crippen LogP contribution in [0.3, 0.4) is 0 Å². The molecule has 0 bridgehead atoms. The number of rotatable bonds is 5. The number of hydrazine groups is 1. The molecule has 2 N–H and O–H groups in total. The van der Waals surface area contributed by atoms with Crippen molar-refractivity contribution in [2.75, 3.05) is 26.3 Å². The third-order valence-electron chi connectivity index (χ3n) is 5.70. The van der Waals surface area contributed by atoms with E-state index in [1.54, 1.807) is 0 Å². The summed E-state index contributed by atoms with van der Waals surface area (Å²) in [4.78, 5) is 14.8. The number of ether oxygens (including phenoxy) is 1. The molecular weight excluding hydrogens is 338 g/mol. The fourth-order valence-corrected chi connectivity index (χ4v) is 3.72. The zero-order valence-corrected chi connectivity index (χ0v) is 16.9. The van der Waals surface area contributed by atoms with Gasteiger partial charge >= 0.3 is 0 Å². The van der Waals surface area contributed by atoms with Gasteiger partial charge in [-0.2, -0.15) is 0 Å². The zero-order valence-electron chi connectivity index (χ0n) is 16.9. The van der Waals surface area contributed by atoms with Gasteiger partial charge in [-0.15, -0.1) is 0 Å². The molecule has 148 valence electrons. The quantitative estimate of drug-likeness (QED) is 0.778. The predicted molar refractivity (Wildman–Crippen MR) is 108 cm³/mol. The van der Waals surface area contributed by atoms with Crippen LogP contribution in [0.15, 0.2) is 36.0 Å². The molecule has 0 spiro atoms. The Morgan fingerprint density at radius 2 is 1.89 bits per heavy atom. The van der Waals surface area contributed by atoms with Gasteiger partial charge in [-0.3, -0.25) is 15.1 Å². The van der Waals surface area contributed by atoms with Crippen molar-refractivity contribution >= 4 is 5.91 Å². The van der Waals surface area contributed by atoms with E-state index in [0.717, 1.165) is 57.8 Å². The first-order valence-corrected chi connectivity index (χ1v) is 10.1. The van der Waals surface area contributed by atoms with E-state index in [-0.39, 0.29) is 5.91 Å². The van der Waals surface area contributed by atoms with Crippen molar-refractivity contribution in [2.24, 2.45) is 11.3 Å². The number of carbonyl (C=O) groups is 1. The molecule has 1 atom stereocenters. The van der Waals surface area contributed by atoms with Crippen LogP contribution in [0.4, 0.5) is 0 Å². The molecule has 0 saturated carbocycles. The second-order valence-corrected chi connectivity index (χ2v) is 8.73. The van der Waals surface area contributed by atoms with Gasteiger partial charge in [0.2, 0.25) is 0 Å². The highest BCUT2D eigenvalue weighted by molar-refractivity contribution is 5.93. The highest BCUT2D eigenvalue weighted by Gasteiger charge is 2.26. The molecule has 1 aliphatic carbocycles. The molecule has 1 aromatic carbocycles. The summed E-state index contributed by atoms with van der Waals surface area (Å²) in [7, 11) is 0. The lowest BCUT2D eigenvalue weighted by Crippen LogP contribution is -2.38. The Bertz CT molecular complexity index is 655. The fraction of sp³-hybridized carbons (Fsp3) is 0.591. The maximum absolute atomic E-state index is 12.4. The smallest absolute Gasteiger partial charge is 0.269 e. The Balaban J connectivity index is 1.46. The predicted octanol–water partition coefficient (Wildman–Crippen LogP) is 3.48. The average molecular weight is 372 g/mol. The molecule has 0 radical (unpaired) electrons. The lowest BCUT2D eigenvalue weighted by molar-refractivity contribution is 0.0342. The molecule has 27 heavy (non-hydrogen) atoms. The first-order chi connectivity index (χ1) is 12.9. The van der Waals surface area contributed by atoms with E-state index < -0.39 is 0 Å². The fourth-order valence-electron chi connectivity index (χ4n) is 3.72. The Kier molecular flexibility index (Phi) is 6.55. The van der Waals surface area contributed by atoms with Crippen molar-refractivity contribution in [1.29, 1.82) is 0 Å². The molecule has 1 saturated heterocycles. The molecule has 0 aromatic heterocycles. The van der Waals surface area contributed by atoms with Crippen LogP contribution in [0.5, 0.6) is 0 Å². The minimum Gasteiger partial charge on any atom is -0.379 e. The number of hydrogen-bond donors (Lipinski definition) is 2. The highest BCUT2D eigenvalue weighted by Crippen LogP contribution is 2.36. The number of benzene rings is 1. The number of carbonyl (C=O) groups excluding carboxylic acids is 1. The van der Waals surface area contributed by atoms with E-state index in [1.807, 2.05) is 24.3 Å². The van der Waals surface area contributed by atoms with Gasteiger partial charge < -0.3 is 10.2 Å². The first-order valence-electron chi connectivity index (χ1n) is 10.1. The summed E-state index contributed by atoms with van der Waals surface area (Å²) < 4.78 is 5.38. The van der Waals surface area contributed by atoms with Crippen molar-refractivity contribution in [3.63, 3.8) is 0 Å². The van der Waals surface area contributed by atoms with Crippen LogP contribution in [0.25, 0.3) is 0 Å². The van der Waals surface area contributed by atoms with Gasteiger partial charge in [-0.25, -0.2) is 0 Å². The van der Waals surface area contributed by atoms with E-state index in [0.29, 0.717) is 16.9 Å². The van der Waals surface area contributed by atoms with E-state index in [1.165, 1.54) is 5.56 Å². The van der Waals surface area contributed by atoms with Crippen molar-refractivity contribution in [3.8, 4) is 0 Å². The Hall–Kier alpha value is -1.85. The average Bonchev–Trinajstić information content (AvgIpc) is 2.67. The monoisotopic (exact) mass is 371 g/mol. The van der Waals surface area contributed by atoms with E-state index in [4.69, 9.17) is 4.74 Å². The maximum atomic E-state index is 12.4. The number of morpholine rings is 1. The first kappa shape index (κ1) is 19.9. The van der Waals surface area contributed by atoms with Gasteiger partial charge in [-0.05, 0) is 48.3 Å². The molecule has 1 unspecified atom stereocenters. The minimum atomic E-state index is -0.0910. The lowest BCUT2D eigenvalue weighted by atomic mass is 9.74. The summed E-state index contributed by atoms with van der Waals surface area (Å²) in [5.74, 6) is 0.615. The van der Waals surface area contributed by atoms with Gasteiger partial charge in [0.15, 0.2) is 0 Å². The third kappa shape index (κ3) is 5.81. The standard InChI is InChI=1S/C22H33N3O2/c1-22(2,3)19-8-10-20(11-9-19)23-24-21(26)18-6-4-17(5-7-18)16-25-12-14-27-15-13-25/h4-7,10,19,23H,8-9,11-16H2,1-3H3,(H,24,26). The summed E-state index contributed by atoms with van der Waals surface area (Å²) in [5.41, 5.74) is 9.31. The number of nitrogens with zero attached hydrogens (tertiary/aromatic N) is 1. The molecule has 3 rings (SSSR count). The second kappa shape index (κ2) is 8.89. The Morgan fingerprint density at radius 3 is 2.48 bits per heavy atom. The molecule has 1 aromatic rings. The lowest BCUT2D eigenvalue weighted by Gasteiger charge is -2.33. The van der Waals surface area contributed by atoms with Crippen LogP contribution in [-0.4, -0.2) is 37.1 Å². The summed E-state index contributed by atoms with van der Waals surface area (Å²) in [6, 6.07) is 7.88. The second-order valence-electron chi connectivity index (χ2n) is 8.73.